The first-order valence-corrected chi connectivity index (χ1v) is 21.2. The van der Waals surface area contributed by atoms with Gasteiger partial charge in [0.1, 0.15) is 0 Å². The van der Waals surface area contributed by atoms with E-state index in [1.807, 2.05) is 0 Å². The van der Waals surface area contributed by atoms with Crippen molar-refractivity contribution in [1.29, 1.82) is 0 Å². The first kappa shape index (κ1) is 43.5. The Labute approximate surface area is 281 Å². The van der Waals surface area contributed by atoms with Gasteiger partial charge in [-0.2, -0.15) is 0 Å². The molecule has 0 radical (unpaired) electrons. The Hall–Kier alpha value is -0.520. The lowest BCUT2D eigenvalue weighted by molar-refractivity contribution is 0.530. The Morgan fingerprint density at radius 2 is 0.318 bits per heavy atom. The Morgan fingerprint density at radius 3 is 0.500 bits per heavy atom. The first-order chi connectivity index (χ1) is 21.9. The second kappa shape index (κ2) is 42.5. The predicted molar refractivity (Wildman–Crippen MR) is 205 cm³/mol. The van der Waals surface area contributed by atoms with Crippen LogP contribution in [0.5, 0.6) is 0 Å². The summed E-state index contributed by atoms with van der Waals surface area (Å²) < 4.78 is 0. The van der Waals surface area contributed by atoms with Crippen molar-refractivity contribution in [1.82, 2.24) is 0 Å². The molecule has 0 unspecified atom stereocenters. The van der Waals surface area contributed by atoms with Gasteiger partial charge < -0.3 is 0 Å². The quantitative estimate of drug-likeness (QED) is 0.0477. The van der Waals surface area contributed by atoms with E-state index in [2.05, 4.69) is 38.2 Å². The molecular formula is C44H86. The van der Waals surface area contributed by atoms with Crippen LogP contribution in [0.15, 0.2) is 24.3 Å². The van der Waals surface area contributed by atoms with E-state index in [-0.39, 0.29) is 0 Å². The number of hydrogen-bond donors (Lipinski definition) is 0. The van der Waals surface area contributed by atoms with E-state index in [9.17, 15) is 0 Å². The van der Waals surface area contributed by atoms with Crippen molar-refractivity contribution in [2.75, 3.05) is 0 Å². The van der Waals surface area contributed by atoms with E-state index >= 15 is 0 Å². The standard InChI is InChI=1S/C44H86/c1-3-5-7-9-11-13-15-17-19-21-23-25-27-29-31-33-35-37-39-41-43-44-42-40-38-36-34-32-30-28-26-24-22-20-18-16-14-12-10-8-6-4-2/h37-40H,3-36,41-44H2,1-2H3/b39-37-,40-38-. The summed E-state index contributed by atoms with van der Waals surface area (Å²) in [5.41, 5.74) is 0. The van der Waals surface area contributed by atoms with Crippen molar-refractivity contribution in [3.63, 3.8) is 0 Å². The van der Waals surface area contributed by atoms with Gasteiger partial charge in [0, 0.05) is 0 Å². The zero-order valence-electron chi connectivity index (χ0n) is 31.2. The van der Waals surface area contributed by atoms with Crippen LogP contribution in [0.2, 0.25) is 0 Å². The fourth-order valence-electron chi connectivity index (χ4n) is 6.62. The van der Waals surface area contributed by atoms with Gasteiger partial charge in [-0.3, -0.25) is 0 Å². The Morgan fingerprint density at radius 1 is 0.182 bits per heavy atom. The minimum Gasteiger partial charge on any atom is -0.0885 e. The zero-order valence-corrected chi connectivity index (χ0v) is 31.2. The van der Waals surface area contributed by atoms with Crippen molar-refractivity contribution in [3.05, 3.63) is 24.3 Å². The molecule has 0 fully saturated rings. The highest BCUT2D eigenvalue weighted by Gasteiger charge is 1.96. The van der Waals surface area contributed by atoms with Crippen LogP contribution in [0.1, 0.15) is 258 Å². The normalized spacial score (nSPS) is 12.0. The summed E-state index contributed by atoms with van der Waals surface area (Å²) >= 11 is 0. The van der Waals surface area contributed by atoms with Crippen molar-refractivity contribution in [3.8, 4) is 0 Å². The van der Waals surface area contributed by atoms with Gasteiger partial charge in [0.2, 0.25) is 0 Å². The van der Waals surface area contributed by atoms with Crippen molar-refractivity contribution >= 4 is 0 Å². The monoisotopic (exact) mass is 615 g/mol. The molecule has 0 N–H and O–H groups in total. The molecule has 0 nitrogen and oxygen atoms in total. The van der Waals surface area contributed by atoms with Crippen LogP contribution >= 0.6 is 0 Å². The maximum atomic E-state index is 2.46. The summed E-state index contributed by atoms with van der Waals surface area (Å²) in [5.74, 6) is 0. The van der Waals surface area contributed by atoms with Crippen LogP contribution < -0.4 is 0 Å². The smallest absolute Gasteiger partial charge is 0.0351 e. The van der Waals surface area contributed by atoms with Gasteiger partial charge in [-0.05, 0) is 51.4 Å². The fraction of sp³-hybridized carbons (Fsp3) is 0.909. The minimum absolute atomic E-state index is 1.28. The third-order valence-corrected chi connectivity index (χ3v) is 9.77. The first-order valence-electron chi connectivity index (χ1n) is 21.2. The molecule has 0 saturated heterocycles. The van der Waals surface area contributed by atoms with E-state index in [1.54, 1.807) is 0 Å². The minimum atomic E-state index is 1.28. The highest BCUT2D eigenvalue weighted by atomic mass is 14.0. The largest absolute Gasteiger partial charge is 0.0885 e. The number of hydrogen-bond acceptors (Lipinski definition) is 0. The maximum absolute atomic E-state index is 2.46. The average molecular weight is 615 g/mol. The van der Waals surface area contributed by atoms with Crippen LogP contribution in [0, 0.1) is 0 Å². The summed E-state index contributed by atoms with van der Waals surface area (Å²) in [4.78, 5) is 0. The molecule has 0 rings (SSSR count). The molecule has 0 saturated carbocycles. The van der Waals surface area contributed by atoms with Crippen LogP contribution in [-0.4, -0.2) is 0 Å². The average Bonchev–Trinajstić information content (AvgIpc) is 3.04. The van der Waals surface area contributed by atoms with Gasteiger partial charge in [-0.1, -0.05) is 231 Å². The van der Waals surface area contributed by atoms with Crippen LogP contribution in [-0.2, 0) is 0 Å². The van der Waals surface area contributed by atoms with Gasteiger partial charge in [-0.15, -0.1) is 0 Å². The molecule has 0 atom stereocenters. The molecule has 0 spiro atoms. The number of rotatable bonds is 39. The summed E-state index contributed by atoms with van der Waals surface area (Å²) in [6.45, 7) is 4.61. The molecule has 0 aliphatic heterocycles. The van der Waals surface area contributed by atoms with Gasteiger partial charge in [0.15, 0.2) is 0 Å². The van der Waals surface area contributed by atoms with E-state index in [4.69, 9.17) is 0 Å². The lowest BCUT2D eigenvalue weighted by Gasteiger charge is -2.03. The third kappa shape index (κ3) is 41.5. The highest BCUT2D eigenvalue weighted by Crippen LogP contribution is 2.16. The fourth-order valence-corrected chi connectivity index (χ4v) is 6.62. The van der Waals surface area contributed by atoms with Gasteiger partial charge in [0.05, 0.1) is 0 Å². The van der Waals surface area contributed by atoms with Crippen LogP contribution in [0.25, 0.3) is 0 Å². The van der Waals surface area contributed by atoms with Crippen LogP contribution in [0.3, 0.4) is 0 Å². The molecule has 0 aliphatic rings. The SMILES string of the molecule is CCCCCCCCCCCCCCCCCC/C=C\CCCC/C=C\CCCCCCCCCCCCCCCCCC. The van der Waals surface area contributed by atoms with E-state index in [0.29, 0.717) is 0 Å². The highest BCUT2D eigenvalue weighted by molar-refractivity contribution is 4.84. The molecule has 0 amide bonds. The molecule has 44 heavy (non-hydrogen) atoms. The molecule has 0 aromatic carbocycles. The zero-order chi connectivity index (χ0) is 31.7. The number of unbranched alkanes of at least 4 members (excludes halogenated alkanes) is 35. The predicted octanol–water partition coefficient (Wildman–Crippen LogP) is 17.0. The molecular weight excluding hydrogens is 528 g/mol. The second-order valence-electron chi connectivity index (χ2n) is 14.4. The third-order valence-electron chi connectivity index (χ3n) is 9.77. The summed E-state index contributed by atoms with van der Waals surface area (Å²) in [6, 6.07) is 0. The van der Waals surface area contributed by atoms with E-state index in [1.165, 1.54) is 244 Å². The van der Waals surface area contributed by atoms with E-state index < -0.39 is 0 Å². The van der Waals surface area contributed by atoms with Gasteiger partial charge in [0.25, 0.3) is 0 Å². The molecule has 0 aromatic heterocycles. The lowest BCUT2D eigenvalue weighted by Crippen LogP contribution is -1.83. The van der Waals surface area contributed by atoms with Gasteiger partial charge >= 0.3 is 0 Å². The van der Waals surface area contributed by atoms with E-state index in [0.717, 1.165) is 0 Å². The lowest BCUT2D eigenvalue weighted by atomic mass is 10.0. The second-order valence-corrected chi connectivity index (χ2v) is 14.4. The van der Waals surface area contributed by atoms with Crippen molar-refractivity contribution in [2.24, 2.45) is 0 Å². The molecule has 0 aliphatic carbocycles. The molecule has 0 aromatic rings. The maximum Gasteiger partial charge on any atom is -0.0351 e. The number of allylic oxidation sites excluding steroid dienone is 4. The van der Waals surface area contributed by atoms with Crippen molar-refractivity contribution in [2.45, 2.75) is 258 Å². The van der Waals surface area contributed by atoms with Crippen LogP contribution in [0.4, 0.5) is 0 Å². The summed E-state index contributed by atoms with van der Waals surface area (Å²) in [6.07, 6.45) is 64.4. The topological polar surface area (TPSA) is 0 Å². The summed E-state index contributed by atoms with van der Waals surface area (Å²) in [7, 11) is 0. The molecule has 0 heteroatoms. The van der Waals surface area contributed by atoms with Gasteiger partial charge in [-0.25, -0.2) is 0 Å². The molecule has 0 bridgehead atoms. The Kier molecular flexibility index (Phi) is 42.0. The molecule has 0 heterocycles. The Balaban J connectivity index is 3.14. The molecule has 262 valence electrons. The Bertz CT molecular complexity index is 480. The van der Waals surface area contributed by atoms with Crippen molar-refractivity contribution < 1.29 is 0 Å². The summed E-state index contributed by atoms with van der Waals surface area (Å²) in [5, 5.41) is 0.